The van der Waals surface area contributed by atoms with Gasteiger partial charge in [0.2, 0.25) is 11.8 Å². The number of benzene rings is 1. The third kappa shape index (κ3) is 3.94. The SMILES string of the molecule is Cc1ccc(N2CCN(C(=O)CN3CCC[C@@H](O)C3)CC2=O)cc1. The summed E-state index contributed by atoms with van der Waals surface area (Å²) in [7, 11) is 0. The Morgan fingerprint density at radius 2 is 1.96 bits per heavy atom. The number of aliphatic hydroxyl groups excluding tert-OH is 1. The molecular weight excluding hydrogens is 306 g/mol. The Labute approximate surface area is 142 Å². The van der Waals surface area contributed by atoms with Gasteiger partial charge >= 0.3 is 0 Å². The normalized spacial score (nSPS) is 22.8. The molecule has 2 aliphatic rings. The van der Waals surface area contributed by atoms with Gasteiger partial charge in [0.05, 0.1) is 12.6 Å². The second kappa shape index (κ2) is 7.32. The minimum absolute atomic E-state index is 0.0268. The van der Waals surface area contributed by atoms with Gasteiger partial charge in [-0.1, -0.05) is 17.7 Å². The maximum absolute atomic E-state index is 12.4. The van der Waals surface area contributed by atoms with E-state index in [0.29, 0.717) is 19.6 Å². The molecule has 24 heavy (non-hydrogen) atoms. The molecule has 2 heterocycles. The first-order chi connectivity index (χ1) is 11.5. The number of carbonyl (C=O) groups excluding carboxylic acids is 2. The smallest absolute Gasteiger partial charge is 0.246 e. The summed E-state index contributed by atoms with van der Waals surface area (Å²) >= 11 is 0. The summed E-state index contributed by atoms with van der Waals surface area (Å²) < 4.78 is 0. The molecule has 0 aliphatic carbocycles. The van der Waals surface area contributed by atoms with E-state index in [1.165, 1.54) is 0 Å². The second-order valence-corrected chi connectivity index (χ2v) is 6.73. The van der Waals surface area contributed by atoms with Crippen LogP contribution in [-0.4, -0.2) is 72.1 Å². The van der Waals surface area contributed by atoms with Crippen LogP contribution in [0.15, 0.2) is 24.3 Å². The first-order valence-corrected chi connectivity index (χ1v) is 8.58. The molecule has 2 fully saturated rings. The van der Waals surface area contributed by atoms with E-state index in [4.69, 9.17) is 0 Å². The van der Waals surface area contributed by atoms with E-state index < -0.39 is 0 Å². The topological polar surface area (TPSA) is 64.1 Å². The van der Waals surface area contributed by atoms with Crippen LogP contribution < -0.4 is 4.90 Å². The fraction of sp³-hybridized carbons (Fsp3) is 0.556. The van der Waals surface area contributed by atoms with Gasteiger partial charge < -0.3 is 14.9 Å². The minimum atomic E-state index is -0.341. The fourth-order valence-electron chi connectivity index (χ4n) is 3.35. The highest BCUT2D eigenvalue weighted by molar-refractivity contribution is 5.98. The first-order valence-electron chi connectivity index (χ1n) is 8.58. The van der Waals surface area contributed by atoms with E-state index in [1.807, 2.05) is 36.1 Å². The predicted octanol–water partition coefficient (Wildman–Crippen LogP) is 0.627. The molecule has 2 amide bonds. The van der Waals surface area contributed by atoms with Crippen LogP contribution in [0.2, 0.25) is 0 Å². The minimum Gasteiger partial charge on any atom is -0.392 e. The third-order valence-corrected chi connectivity index (χ3v) is 4.76. The Balaban J connectivity index is 1.55. The van der Waals surface area contributed by atoms with Crippen molar-refractivity contribution in [2.24, 2.45) is 0 Å². The second-order valence-electron chi connectivity index (χ2n) is 6.73. The van der Waals surface area contributed by atoms with Gasteiger partial charge in [-0.3, -0.25) is 14.5 Å². The summed E-state index contributed by atoms with van der Waals surface area (Å²) in [5.41, 5.74) is 2.04. The van der Waals surface area contributed by atoms with Gasteiger partial charge in [-0.15, -0.1) is 0 Å². The molecule has 0 saturated carbocycles. The molecule has 0 aromatic heterocycles. The number of rotatable bonds is 3. The van der Waals surface area contributed by atoms with Crippen molar-refractivity contribution in [3.63, 3.8) is 0 Å². The van der Waals surface area contributed by atoms with Crippen molar-refractivity contribution in [2.45, 2.75) is 25.9 Å². The van der Waals surface area contributed by atoms with Crippen molar-refractivity contribution in [1.82, 2.24) is 9.80 Å². The van der Waals surface area contributed by atoms with Crippen molar-refractivity contribution in [2.75, 3.05) is 44.2 Å². The van der Waals surface area contributed by atoms with Crippen LogP contribution in [-0.2, 0) is 9.59 Å². The highest BCUT2D eigenvalue weighted by atomic mass is 16.3. The Bertz CT molecular complexity index is 602. The molecule has 3 rings (SSSR count). The highest BCUT2D eigenvalue weighted by Crippen LogP contribution is 2.18. The molecule has 1 aromatic rings. The van der Waals surface area contributed by atoms with Crippen molar-refractivity contribution >= 4 is 17.5 Å². The van der Waals surface area contributed by atoms with Crippen molar-refractivity contribution in [3.05, 3.63) is 29.8 Å². The summed E-state index contributed by atoms with van der Waals surface area (Å²) in [6.07, 6.45) is 1.37. The van der Waals surface area contributed by atoms with Crippen LogP contribution >= 0.6 is 0 Å². The zero-order chi connectivity index (χ0) is 17.1. The molecule has 2 aliphatic heterocycles. The van der Waals surface area contributed by atoms with Gasteiger partial charge in [0, 0.05) is 25.3 Å². The number of likely N-dealkylation sites (tertiary alicyclic amines) is 1. The van der Waals surface area contributed by atoms with Gasteiger partial charge in [-0.2, -0.15) is 0 Å². The number of carbonyl (C=O) groups is 2. The van der Waals surface area contributed by atoms with Crippen molar-refractivity contribution in [1.29, 1.82) is 0 Å². The molecule has 1 atom stereocenters. The Morgan fingerprint density at radius 1 is 1.21 bits per heavy atom. The van der Waals surface area contributed by atoms with E-state index >= 15 is 0 Å². The molecule has 1 aromatic carbocycles. The molecule has 0 unspecified atom stereocenters. The summed E-state index contributed by atoms with van der Waals surface area (Å²) in [5, 5.41) is 9.70. The number of amides is 2. The number of piperidine rings is 1. The van der Waals surface area contributed by atoms with E-state index in [0.717, 1.165) is 30.6 Å². The van der Waals surface area contributed by atoms with Crippen LogP contribution in [0.1, 0.15) is 18.4 Å². The molecular formula is C18H25N3O3. The van der Waals surface area contributed by atoms with E-state index in [-0.39, 0.29) is 31.0 Å². The maximum Gasteiger partial charge on any atom is 0.246 e. The van der Waals surface area contributed by atoms with Gasteiger partial charge in [-0.25, -0.2) is 0 Å². The van der Waals surface area contributed by atoms with Crippen molar-refractivity contribution in [3.8, 4) is 0 Å². The van der Waals surface area contributed by atoms with Gasteiger partial charge in [0.1, 0.15) is 6.54 Å². The lowest BCUT2D eigenvalue weighted by atomic mass is 10.1. The molecule has 130 valence electrons. The zero-order valence-electron chi connectivity index (χ0n) is 14.1. The summed E-state index contributed by atoms with van der Waals surface area (Å²) in [6.45, 7) is 4.88. The van der Waals surface area contributed by atoms with E-state index in [2.05, 4.69) is 0 Å². The maximum atomic E-state index is 12.4. The van der Waals surface area contributed by atoms with Crippen molar-refractivity contribution < 1.29 is 14.7 Å². The number of aliphatic hydroxyl groups is 1. The Hall–Kier alpha value is -1.92. The van der Waals surface area contributed by atoms with Crippen LogP contribution in [0.25, 0.3) is 0 Å². The lowest BCUT2D eigenvalue weighted by Gasteiger charge is -2.36. The number of β-amino-alcohol motifs (C(OH)–C–C–N with tert-alkyl or cyclic N) is 1. The third-order valence-electron chi connectivity index (χ3n) is 4.76. The zero-order valence-corrected chi connectivity index (χ0v) is 14.1. The number of hydrogen-bond donors (Lipinski definition) is 1. The number of anilines is 1. The van der Waals surface area contributed by atoms with E-state index in [9.17, 15) is 14.7 Å². The lowest BCUT2D eigenvalue weighted by Crippen LogP contribution is -2.55. The summed E-state index contributed by atoms with van der Waals surface area (Å²) in [6, 6.07) is 7.86. The molecule has 0 radical (unpaired) electrons. The molecule has 0 bridgehead atoms. The van der Waals surface area contributed by atoms with Crippen LogP contribution in [0.4, 0.5) is 5.69 Å². The standard InChI is InChI=1S/C18H25N3O3/c1-14-4-6-15(7-5-14)21-10-9-20(13-18(21)24)17(23)12-19-8-2-3-16(22)11-19/h4-7,16,22H,2-3,8-13H2,1H3/t16-/m1/s1. The molecule has 2 saturated heterocycles. The number of nitrogens with zero attached hydrogens (tertiary/aromatic N) is 3. The quantitative estimate of drug-likeness (QED) is 0.882. The largest absolute Gasteiger partial charge is 0.392 e. The van der Waals surface area contributed by atoms with Crippen LogP contribution in [0, 0.1) is 6.92 Å². The molecule has 1 N–H and O–H groups in total. The summed E-state index contributed by atoms with van der Waals surface area (Å²) in [5.74, 6) is -0.0712. The van der Waals surface area contributed by atoms with Gasteiger partial charge in [0.25, 0.3) is 0 Å². The average Bonchev–Trinajstić information content (AvgIpc) is 2.56. The molecule has 6 heteroatoms. The van der Waals surface area contributed by atoms with Crippen LogP contribution in [0.5, 0.6) is 0 Å². The van der Waals surface area contributed by atoms with Gasteiger partial charge in [-0.05, 0) is 38.4 Å². The molecule has 6 nitrogen and oxygen atoms in total. The summed E-state index contributed by atoms with van der Waals surface area (Å²) in [4.78, 5) is 30.2. The Kier molecular flexibility index (Phi) is 5.16. The Morgan fingerprint density at radius 3 is 2.62 bits per heavy atom. The molecule has 0 spiro atoms. The highest BCUT2D eigenvalue weighted by Gasteiger charge is 2.29. The monoisotopic (exact) mass is 331 g/mol. The lowest BCUT2D eigenvalue weighted by molar-refractivity contribution is -0.138. The fourth-order valence-corrected chi connectivity index (χ4v) is 3.35. The van der Waals surface area contributed by atoms with Crippen LogP contribution in [0.3, 0.4) is 0 Å². The van der Waals surface area contributed by atoms with Gasteiger partial charge in [0.15, 0.2) is 0 Å². The first kappa shape index (κ1) is 16.9. The van der Waals surface area contributed by atoms with E-state index in [1.54, 1.807) is 9.80 Å². The predicted molar refractivity (Wildman–Crippen MR) is 91.8 cm³/mol. The number of piperazine rings is 1. The number of hydrogen-bond acceptors (Lipinski definition) is 4. The number of aryl methyl sites for hydroxylation is 1. The average molecular weight is 331 g/mol.